The highest BCUT2D eigenvalue weighted by atomic mass is 32.2. The van der Waals surface area contributed by atoms with Gasteiger partial charge in [0.05, 0.1) is 16.0 Å². The van der Waals surface area contributed by atoms with Crippen molar-refractivity contribution in [1.82, 2.24) is 0 Å². The summed E-state index contributed by atoms with van der Waals surface area (Å²) in [5.74, 6) is -0.894. The minimum absolute atomic E-state index is 0.00392. The predicted molar refractivity (Wildman–Crippen MR) is 148 cm³/mol. The Labute approximate surface area is 222 Å². The maximum atomic E-state index is 12.3. The molecule has 196 valence electrons. The zero-order valence-electron chi connectivity index (χ0n) is 22.8. The van der Waals surface area contributed by atoms with Gasteiger partial charge in [0, 0.05) is 11.5 Å². The topological polar surface area (TPSA) is 122 Å². The van der Waals surface area contributed by atoms with Crippen LogP contribution in [0.4, 0.5) is 0 Å². The molecule has 0 bridgehead atoms. The van der Waals surface area contributed by atoms with Crippen molar-refractivity contribution in [1.29, 1.82) is 10.5 Å². The second kappa shape index (κ2) is 12.1. The first-order chi connectivity index (χ1) is 17.2. The highest BCUT2D eigenvalue weighted by molar-refractivity contribution is 7.73. The van der Waals surface area contributed by atoms with Crippen LogP contribution in [0.5, 0.6) is 5.75 Å². The third kappa shape index (κ3) is 6.42. The van der Waals surface area contributed by atoms with Crippen LogP contribution in [-0.4, -0.2) is 23.5 Å². The Morgan fingerprint density at radius 3 is 1.76 bits per heavy atom. The van der Waals surface area contributed by atoms with Crippen LogP contribution in [0.2, 0.25) is 0 Å². The summed E-state index contributed by atoms with van der Waals surface area (Å²) >= 11 is 0. The summed E-state index contributed by atoms with van der Waals surface area (Å²) in [6.45, 7) is 15.3. The molecule has 0 spiro atoms. The Kier molecular flexibility index (Phi) is 9.73. The largest absolute Gasteiger partial charge is 0.507 e. The van der Waals surface area contributed by atoms with Crippen molar-refractivity contribution in [3.8, 4) is 17.9 Å². The summed E-state index contributed by atoms with van der Waals surface area (Å²) in [7, 11) is -2.65. The van der Waals surface area contributed by atoms with E-state index in [4.69, 9.17) is 0 Å². The van der Waals surface area contributed by atoms with Gasteiger partial charge >= 0.3 is 0 Å². The molecule has 37 heavy (non-hydrogen) atoms. The number of aliphatic hydroxyl groups is 1. The van der Waals surface area contributed by atoms with Gasteiger partial charge in [-0.25, -0.2) is 0 Å². The number of aliphatic hydroxyl groups excluding tert-OH is 1. The number of aromatic hydroxyl groups is 1. The van der Waals surface area contributed by atoms with E-state index in [2.05, 4.69) is 12.1 Å². The molecule has 0 aliphatic heterocycles. The Morgan fingerprint density at radius 2 is 1.38 bits per heavy atom. The van der Waals surface area contributed by atoms with Gasteiger partial charge in [0.1, 0.15) is 23.6 Å². The summed E-state index contributed by atoms with van der Waals surface area (Å²) in [5, 5.41) is 41.5. The Balaban J connectivity index is 2.79. The summed E-state index contributed by atoms with van der Waals surface area (Å²) in [6, 6.07) is 7.76. The number of hydrogen-bond acceptors (Lipinski definition) is 6. The number of phenolic OH excluding ortho intramolecular Hbond substituents is 1. The molecule has 0 radical (unpaired) electrons. The SMILES string of the molecule is CC(C)C1=CC(C=C(C#N)C(C#N)=Cc2cc(C(C)C)c(O)c(C(C)C)c2)C(=S(=O)=O)C(C(C)C)=C1O. The number of allylic oxidation sites excluding steroid dienone is 6. The van der Waals surface area contributed by atoms with Gasteiger partial charge in [-0.15, -0.1) is 0 Å². The molecule has 2 N–H and O–H groups in total. The first-order valence-electron chi connectivity index (χ1n) is 12.5. The average Bonchev–Trinajstić information content (AvgIpc) is 2.81. The van der Waals surface area contributed by atoms with Gasteiger partial charge in [-0.1, -0.05) is 67.5 Å². The van der Waals surface area contributed by atoms with Crippen molar-refractivity contribution >= 4 is 21.2 Å². The normalized spacial score (nSPS) is 17.0. The minimum Gasteiger partial charge on any atom is -0.507 e. The lowest BCUT2D eigenvalue weighted by molar-refractivity contribution is 0.397. The molecule has 0 saturated carbocycles. The van der Waals surface area contributed by atoms with Gasteiger partial charge in [0.2, 0.25) is 10.3 Å². The molecule has 0 heterocycles. The van der Waals surface area contributed by atoms with Crippen LogP contribution >= 0.6 is 0 Å². The lowest BCUT2D eigenvalue weighted by Crippen LogP contribution is -2.26. The molecular weight excluding hydrogens is 484 g/mol. The van der Waals surface area contributed by atoms with Crippen LogP contribution in [0.25, 0.3) is 6.08 Å². The van der Waals surface area contributed by atoms with Gasteiger partial charge < -0.3 is 10.2 Å². The fourth-order valence-electron chi connectivity index (χ4n) is 4.52. The van der Waals surface area contributed by atoms with Crippen molar-refractivity contribution < 1.29 is 18.6 Å². The summed E-state index contributed by atoms with van der Waals surface area (Å²) in [4.78, 5) is -0.00392. The first-order valence-corrected chi connectivity index (χ1v) is 13.5. The molecule has 1 aromatic carbocycles. The van der Waals surface area contributed by atoms with E-state index in [9.17, 15) is 29.2 Å². The van der Waals surface area contributed by atoms with E-state index in [-0.39, 0.29) is 51.2 Å². The van der Waals surface area contributed by atoms with Crippen molar-refractivity contribution in [3.63, 3.8) is 0 Å². The number of benzene rings is 1. The predicted octanol–water partition coefficient (Wildman–Crippen LogP) is 6.73. The van der Waals surface area contributed by atoms with Crippen LogP contribution in [0.1, 0.15) is 83.9 Å². The molecule has 1 aromatic rings. The van der Waals surface area contributed by atoms with Crippen molar-refractivity contribution in [2.75, 3.05) is 0 Å². The zero-order chi connectivity index (χ0) is 28.2. The van der Waals surface area contributed by atoms with Crippen LogP contribution in [0.3, 0.4) is 0 Å². The molecule has 0 amide bonds. The smallest absolute Gasteiger partial charge is 0.218 e. The number of rotatable bonds is 7. The Bertz CT molecular complexity index is 1380. The van der Waals surface area contributed by atoms with Gasteiger partial charge in [0.25, 0.3) is 0 Å². The van der Waals surface area contributed by atoms with E-state index in [1.54, 1.807) is 38.1 Å². The third-order valence-electron chi connectivity index (χ3n) is 6.46. The maximum absolute atomic E-state index is 12.3. The van der Waals surface area contributed by atoms with E-state index >= 15 is 0 Å². The van der Waals surface area contributed by atoms with Gasteiger partial charge in [0.15, 0.2) is 0 Å². The summed E-state index contributed by atoms with van der Waals surface area (Å²) in [6.07, 6.45) is 4.72. The van der Waals surface area contributed by atoms with Crippen LogP contribution in [-0.2, 0) is 10.3 Å². The van der Waals surface area contributed by atoms with Crippen LogP contribution < -0.4 is 0 Å². The highest BCUT2D eigenvalue weighted by Gasteiger charge is 2.31. The zero-order valence-corrected chi connectivity index (χ0v) is 23.6. The standard InChI is InChI=1S/C30H36N2O4S/c1-16(2)24-10-20(11-25(17(3)4)28(24)33)9-22(14-31)23(15-32)12-21-13-26(18(5)6)29(34)27(19(7)8)30(21)37(35)36/h9-13,16-19,21,33-34H,1-8H3. The molecule has 0 saturated heterocycles. The summed E-state index contributed by atoms with van der Waals surface area (Å²) < 4.78 is 24.6. The lowest BCUT2D eigenvalue weighted by Gasteiger charge is -2.27. The van der Waals surface area contributed by atoms with Crippen molar-refractivity contribution in [2.24, 2.45) is 17.8 Å². The van der Waals surface area contributed by atoms with Crippen molar-refractivity contribution in [3.05, 3.63) is 69.0 Å². The fourth-order valence-corrected chi connectivity index (χ4v) is 5.39. The molecule has 7 heteroatoms. The number of nitriles is 2. The van der Waals surface area contributed by atoms with E-state index in [0.717, 1.165) is 11.1 Å². The molecule has 1 aliphatic carbocycles. The van der Waals surface area contributed by atoms with Crippen molar-refractivity contribution in [2.45, 2.75) is 67.2 Å². The minimum atomic E-state index is -2.65. The molecule has 1 unspecified atom stereocenters. The monoisotopic (exact) mass is 520 g/mol. The Morgan fingerprint density at radius 1 is 0.865 bits per heavy atom. The van der Waals surface area contributed by atoms with E-state index < -0.39 is 16.2 Å². The van der Waals surface area contributed by atoms with Crippen LogP contribution in [0, 0.1) is 40.4 Å². The molecule has 6 nitrogen and oxygen atoms in total. The van der Waals surface area contributed by atoms with E-state index in [0.29, 0.717) is 16.7 Å². The first kappa shape index (κ1) is 29.7. The molecule has 0 aromatic heterocycles. The van der Waals surface area contributed by atoms with Gasteiger partial charge in [-0.3, -0.25) is 0 Å². The number of phenols is 1. The molecular formula is C30H36N2O4S. The molecule has 1 atom stereocenters. The number of nitrogens with zero attached hydrogens (tertiary/aromatic N) is 2. The number of hydrogen-bond donors (Lipinski definition) is 2. The molecule has 0 fully saturated rings. The van der Waals surface area contributed by atoms with Crippen LogP contribution in [0.15, 0.2) is 52.3 Å². The maximum Gasteiger partial charge on any atom is 0.218 e. The fraction of sp³-hybridized carbons (Fsp3) is 0.433. The third-order valence-corrected chi connectivity index (χ3v) is 7.31. The Hall–Kier alpha value is -3.55. The lowest BCUT2D eigenvalue weighted by atomic mass is 9.79. The second-order valence-corrected chi connectivity index (χ2v) is 11.4. The highest BCUT2D eigenvalue weighted by Crippen LogP contribution is 2.37. The van der Waals surface area contributed by atoms with Gasteiger partial charge in [-0.2, -0.15) is 18.9 Å². The quantitative estimate of drug-likeness (QED) is 0.233. The summed E-state index contributed by atoms with van der Waals surface area (Å²) in [5.41, 5.74) is 3.19. The van der Waals surface area contributed by atoms with E-state index in [1.807, 2.05) is 41.5 Å². The van der Waals surface area contributed by atoms with Gasteiger partial charge in [-0.05, 0) is 64.1 Å². The average molecular weight is 521 g/mol. The second-order valence-electron chi connectivity index (χ2n) is 10.5. The molecule has 2 rings (SSSR count). The molecule has 1 aliphatic rings. The van der Waals surface area contributed by atoms with E-state index in [1.165, 1.54) is 6.08 Å².